The Morgan fingerprint density at radius 1 is 1.29 bits per heavy atom. The number of rotatable bonds is 4. The number of nitrogens with one attached hydrogen (secondary N) is 1. The van der Waals surface area contributed by atoms with Crippen LogP contribution in [0.15, 0.2) is 37.1 Å². The molecule has 0 atom stereocenters. The van der Waals surface area contributed by atoms with Gasteiger partial charge in [0.1, 0.15) is 12.1 Å². The predicted molar refractivity (Wildman–Crippen MR) is 82.0 cm³/mol. The summed E-state index contributed by atoms with van der Waals surface area (Å²) in [5, 5.41) is 2.85. The van der Waals surface area contributed by atoms with Crippen molar-refractivity contribution in [2.45, 2.75) is 33.2 Å². The molecule has 0 saturated heterocycles. The fraction of sp³-hybridized carbons (Fsp3) is 0.400. The van der Waals surface area contributed by atoms with Crippen molar-refractivity contribution in [2.75, 3.05) is 5.32 Å². The van der Waals surface area contributed by atoms with E-state index in [2.05, 4.69) is 15.3 Å². The molecular formula is C15H21N5O. The number of carbonyl (C=O) groups is 1. The summed E-state index contributed by atoms with van der Waals surface area (Å²) < 4.78 is 1.79. The van der Waals surface area contributed by atoms with Gasteiger partial charge in [-0.1, -0.05) is 0 Å². The standard InChI is InChI=1S/C15H21N5O/c1-14(2,15(3,4)16)13(21)19-11-5-6-12(18-9-11)20-8-7-17-10-20/h5-10H,16H2,1-4H3,(H,19,21). The Balaban J connectivity index is 2.12. The molecule has 6 heteroatoms. The van der Waals surface area contributed by atoms with Crippen LogP contribution >= 0.6 is 0 Å². The lowest BCUT2D eigenvalue weighted by molar-refractivity contribution is -0.126. The molecule has 0 radical (unpaired) electrons. The van der Waals surface area contributed by atoms with E-state index < -0.39 is 11.0 Å². The van der Waals surface area contributed by atoms with Gasteiger partial charge in [-0.25, -0.2) is 9.97 Å². The molecular weight excluding hydrogens is 266 g/mol. The van der Waals surface area contributed by atoms with E-state index in [0.29, 0.717) is 5.69 Å². The molecule has 2 heterocycles. The van der Waals surface area contributed by atoms with Gasteiger partial charge in [-0.05, 0) is 39.8 Å². The summed E-state index contributed by atoms with van der Waals surface area (Å²) in [6.45, 7) is 7.34. The van der Waals surface area contributed by atoms with Crippen LogP contribution in [0.25, 0.3) is 5.82 Å². The molecule has 21 heavy (non-hydrogen) atoms. The zero-order valence-electron chi connectivity index (χ0n) is 12.8. The van der Waals surface area contributed by atoms with E-state index in [-0.39, 0.29) is 5.91 Å². The molecule has 0 unspecified atom stereocenters. The minimum Gasteiger partial charge on any atom is -0.325 e. The number of hydrogen-bond donors (Lipinski definition) is 2. The van der Waals surface area contributed by atoms with Crippen LogP contribution in [0.2, 0.25) is 0 Å². The first-order chi connectivity index (χ1) is 9.72. The number of nitrogens with zero attached hydrogens (tertiary/aromatic N) is 3. The van der Waals surface area contributed by atoms with Gasteiger partial charge in [0.2, 0.25) is 5.91 Å². The third-order valence-electron chi connectivity index (χ3n) is 3.95. The molecule has 0 aromatic carbocycles. The Hall–Kier alpha value is -2.21. The first-order valence-electron chi connectivity index (χ1n) is 6.76. The van der Waals surface area contributed by atoms with Crippen LogP contribution in [0.3, 0.4) is 0 Å². The third kappa shape index (κ3) is 3.11. The van der Waals surface area contributed by atoms with Crippen LogP contribution in [0.5, 0.6) is 0 Å². The minimum absolute atomic E-state index is 0.132. The molecule has 112 valence electrons. The monoisotopic (exact) mass is 287 g/mol. The quantitative estimate of drug-likeness (QED) is 0.900. The van der Waals surface area contributed by atoms with Gasteiger partial charge < -0.3 is 11.1 Å². The van der Waals surface area contributed by atoms with Gasteiger partial charge in [0.15, 0.2) is 0 Å². The van der Waals surface area contributed by atoms with Crippen molar-refractivity contribution < 1.29 is 4.79 Å². The van der Waals surface area contributed by atoms with Crippen molar-refractivity contribution in [1.29, 1.82) is 0 Å². The Kier molecular flexibility index (Phi) is 3.82. The number of pyridine rings is 1. The van der Waals surface area contributed by atoms with E-state index in [9.17, 15) is 4.79 Å². The highest BCUT2D eigenvalue weighted by molar-refractivity contribution is 5.95. The lowest BCUT2D eigenvalue weighted by Crippen LogP contribution is -2.53. The van der Waals surface area contributed by atoms with Crippen LogP contribution in [0.1, 0.15) is 27.7 Å². The number of amides is 1. The number of nitrogens with two attached hydrogens (primary N) is 1. The largest absolute Gasteiger partial charge is 0.325 e. The Morgan fingerprint density at radius 2 is 2.00 bits per heavy atom. The van der Waals surface area contributed by atoms with Gasteiger partial charge >= 0.3 is 0 Å². The van der Waals surface area contributed by atoms with Gasteiger partial charge in [0.25, 0.3) is 0 Å². The molecule has 0 aliphatic carbocycles. The van der Waals surface area contributed by atoms with Crippen molar-refractivity contribution in [3.8, 4) is 5.82 Å². The van der Waals surface area contributed by atoms with Crippen molar-refractivity contribution >= 4 is 11.6 Å². The highest BCUT2D eigenvalue weighted by atomic mass is 16.2. The molecule has 0 aliphatic heterocycles. The van der Waals surface area contributed by atoms with E-state index in [0.717, 1.165) is 5.82 Å². The zero-order valence-corrected chi connectivity index (χ0v) is 12.8. The summed E-state index contributed by atoms with van der Waals surface area (Å²) >= 11 is 0. The third-order valence-corrected chi connectivity index (χ3v) is 3.95. The lowest BCUT2D eigenvalue weighted by atomic mass is 9.74. The molecule has 2 aromatic heterocycles. The lowest BCUT2D eigenvalue weighted by Gasteiger charge is -2.36. The van der Waals surface area contributed by atoms with Crippen molar-refractivity contribution in [3.05, 3.63) is 37.1 Å². The van der Waals surface area contributed by atoms with Crippen molar-refractivity contribution in [3.63, 3.8) is 0 Å². The number of anilines is 1. The second-order valence-corrected chi connectivity index (χ2v) is 6.18. The molecule has 6 nitrogen and oxygen atoms in total. The average molecular weight is 287 g/mol. The number of carbonyl (C=O) groups excluding carboxylic acids is 1. The zero-order chi connectivity index (χ0) is 15.7. The predicted octanol–water partition coefficient (Wildman–Crippen LogP) is 1.97. The minimum atomic E-state index is -0.698. The number of imidazole rings is 1. The molecule has 0 spiro atoms. The summed E-state index contributed by atoms with van der Waals surface area (Å²) in [6, 6.07) is 3.62. The molecule has 2 rings (SSSR count). The summed E-state index contributed by atoms with van der Waals surface area (Å²) in [7, 11) is 0. The summed E-state index contributed by atoms with van der Waals surface area (Å²) in [5.74, 6) is 0.607. The maximum atomic E-state index is 12.4. The van der Waals surface area contributed by atoms with Gasteiger partial charge in [-0.15, -0.1) is 0 Å². The normalized spacial score (nSPS) is 12.2. The van der Waals surface area contributed by atoms with Crippen molar-refractivity contribution in [2.24, 2.45) is 11.1 Å². The van der Waals surface area contributed by atoms with Crippen LogP contribution in [-0.2, 0) is 4.79 Å². The summed E-state index contributed by atoms with van der Waals surface area (Å²) in [6.07, 6.45) is 6.78. The van der Waals surface area contributed by atoms with Gasteiger partial charge in [0.05, 0.1) is 17.3 Å². The first-order valence-corrected chi connectivity index (χ1v) is 6.76. The first kappa shape index (κ1) is 15.2. The van der Waals surface area contributed by atoms with Crippen LogP contribution < -0.4 is 11.1 Å². The number of aromatic nitrogens is 3. The van der Waals surface area contributed by atoms with E-state index in [1.54, 1.807) is 35.6 Å². The molecule has 0 saturated carbocycles. The molecule has 0 aliphatic rings. The summed E-state index contributed by atoms with van der Waals surface area (Å²) in [5.41, 5.74) is 5.39. The average Bonchev–Trinajstić information content (AvgIpc) is 2.92. The molecule has 0 fully saturated rings. The summed E-state index contributed by atoms with van der Waals surface area (Å²) in [4.78, 5) is 20.6. The fourth-order valence-electron chi connectivity index (χ4n) is 1.59. The second kappa shape index (κ2) is 5.29. The van der Waals surface area contributed by atoms with Gasteiger partial charge in [-0.2, -0.15) is 0 Å². The second-order valence-electron chi connectivity index (χ2n) is 6.18. The van der Waals surface area contributed by atoms with E-state index in [1.807, 2.05) is 33.8 Å². The van der Waals surface area contributed by atoms with E-state index in [4.69, 9.17) is 5.73 Å². The Morgan fingerprint density at radius 3 is 2.48 bits per heavy atom. The van der Waals surface area contributed by atoms with E-state index >= 15 is 0 Å². The maximum Gasteiger partial charge on any atom is 0.231 e. The van der Waals surface area contributed by atoms with Crippen LogP contribution in [0.4, 0.5) is 5.69 Å². The SMILES string of the molecule is CC(C)(N)C(C)(C)C(=O)Nc1ccc(-n2ccnc2)nc1. The fourth-order valence-corrected chi connectivity index (χ4v) is 1.59. The van der Waals surface area contributed by atoms with Crippen LogP contribution in [0, 0.1) is 5.41 Å². The topological polar surface area (TPSA) is 85.8 Å². The van der Waals surface area contributed by atoms with Crippen molar-refractivity contribution in [1.82, 2.24) is 14.5 Å². The van der Waals surface area contributed by atoms with Crippen LogP contribution in [-0.4, -0.2) is 26.0 Å². The maximum absolute atomic E-state index is 12.4. The number of hydrogen-bond acceptors (Lipinski definition) is 4. The molecule has 1 amide bonds. The van der Waals surface area contributed by atoms with Gasteiger partial charge in [-0.3, -0.25) is 9.36 Å². The van der Waals surface area contributed by atoms with E-state index in [1.165, 1.54) is 0 Å². The Bertz CT molecular complexity index is 609. The Labute approximate surface area is 124 Å². The molecule has 3 N–H and O–H groups in total. The molecule has 0 bridgehead atoms. The smallest absolute Gasteiger partial charge is 0.231 e. The highest BCUT2D eigenvalue weighted by Gasteiger charge is 2.40. The van der Waals surface area contributed by atoms with Gasteiger partial charge in [0, 0.05) is 17.9 Å². The highest BCUT2D eigenvalue weighted by Crippen LogP contribution is 2.29. The molecule has 2 aromatic rings.